The van der Waals surface area contributed by atoms with Gasteiger partial charge in [0.15, 0.2) is 0 Å². The van der Waals surface area contributed by atoms with Crippen LogP contribution in [0.25, 0.3) is 0 Å². The van der Waals surface area contributed by atoms with E-state index in [9.17, 15) is 0 Å². The normalized spacial score (nSPS) is 19.1. The first-order valence-electron chi connectivity index (χ1n) is 5.28. The van der Waals surface area contributed by atoms with Crippen LogP contribution >= 0.6 is 15.9 Å². The van der Waals surface area contributed by atoms with Gasteiger partial charge in [-0.05, 0) is 41.8 Å². The first-order chi connectivity index (χ1) is 7.09. The standard InChI is InChI=1S/C11H16BrN3/c1-11(4-2-3-5-11)15-10-9(12)6-8(13)7-14-10/h6-7H,2-5,13H2,1H3,(H,14,15). The molecule has 3 nitrogen and oxygen atoms in total. The molecule has 1 aliphatic carbocycles. The average Bonchev–Trinajstić information content (AvgIpc) is 2.58. The van der Waals surface area contributed by atoms with Gasteiger partial charge in [0.05, 0.1) is 16.4 Å². The van der Waals surface area contributed by atoms with E-state index in [1.807, 2.05) is 6.07 Å². The van der Waals surface area contributed by atoms with Crippen LogP contribution in [0.2, 0.25) is 0 Å². The predicted octanol–water partition coefficient (Wildman–Crippen LogP) is 3.17. The Hall–Kier alpha value is -0.770. The van der Waals surface area contributed by atoms with Crippen molar-refractivity contribution >= 4 is 27.4 Å². The molecule has 4 heteroatoms. The van der Waals surface area contributed by atoms with Gasteiger partial charge in [-0.25, -0.2) is 4.98 Å². The van der Waals surface area contributed by atoms with E-state index in [4.69, 9.17) is 5.73 Å². The first kappa shape index (κ1) is 10.7. The van der Waals surface area contributed by atoms with E-state index in [-0.39, 0.29) is 5.54 Å². The third-order valence-corrected chi connectivity index (χ3v) is 3.59. The summed E-state index contributed by atoms with van der Waals surface area (Å²) in [6.45, 7) is 2.25. The highest BCUT2D eigenvalue weighted by Gasteiger charge is 2.29. The van der Waals surface area contributed by atoms with E-state index < -0.39 is 0 Å². The fourth-order valence-corrected chi connectivity index (χ4v) is 2.58. The van der Waals surface area contributed by atoms with Gasteiger partial charge in [-0.15, -0.1) is 0 Å². The molecule has 0 spiro atoms. The van der Waals surface area contributed by atoms with E-state index in [1.165, 1.54) is 25.7 Å². The SMILES string of the molecule is CC1(Nc2ncc(N)cc2Br)CCCC1. The smallest absolute Gasteiger partial charge is 0.140 e. The largest absolute Gasteiger partial charge is 0.397 e. The lowest BCUT2D eigenvalue weighted by Crippen LogP contribution is -2.31. The number of nitrogens with zero attached hydrogens (tertiary/aromatic N) is 1. The fourth-order valence-electron chi connectivity index (χ4n) is 2.11. The van der Waals surface area contributed by atoms with Gasteiger partial charge >= 0.3 is 0 Å². The van der Waals surface area contributed by atoms with Gasteiger partial charge in [-0.3, -0.25) is 0 Å². The predicted molar refractivity (Wildman–Crippen MR) is 66.8 cm³/mol. The van der Waals surface area contributed by atoms with Gasteiger partial charge in [-0.1, -0.05) is 12.8 Å². The molecule has 0 amide bonds. The summed E-state index contributed by atoms with van der Waals surface area (Å²) in [6, 6.07) is 1.88. The molecule has 1 aromatic heterocycles. The Morgan fingerprint density at radius 2 is 2.13 bits per heavy atom. The van der Waals surface area contributed by atoms with Gasteiger partial charge < -0.3 is 11.1 Å². The number of nitrogens with one attached hydrogen (secondary N) is 1. The lowest BCUT2D eigenvalue weighted by molar-refractivity contribution is 0.530. The van der Waals surface area contributed by atoms with E-state index in [0.717, 1.165) is 10.3 Å². The Kier molecular flexibility index (Phi) is 2.87. The van der Waals surface area contributed by atoms with Crippen LogP contribution in [0.3, 0.4) is 0 Å². The topological polar surface area (TPSA) is 50.9 Å². The van der Waals surface area contributed by atoms with Crippen molar-refractivity contribution in [3.63, 3.8) is 0 Å². The number of aromatic nitrogens is 1. The van der Waals surface area contributed by atoms with Crippen molar-refractivity contribution < 1.29 is 0 Å². The highest BCUT2D eigenvalue weighted by atomic mass is 79.9. The summed E-state index contributed by atoms with van der Waals surface area (Å²) in [5, 5.41) is 3.50. The maximum absolute atomic E-state index is 5.65. The first-order valence-corrected chi connectivity index (χ1v) is 6.08. The number of hydrogen-bond acceptors (Lipinski definition) is 3. The molecular weight excluding hydrogens is 254 g/mol. The molecule has 0 unspecified atom stereocenters. The molecule has 3 N–H and O–H groups in total. The van der Waals surface area contributed by atoms with Crippen LogP contribution in [0.15, 0.2) is 16.7 Å². The monoisotopic (exact) mass is 269 g/mol. The lowest BCUT2D eigenvalue weighted by atomic mass is 10.0. The molecule has 1 heterocycles. The Morgan fingerprint density at radius 3 is 2.73 bits per heavy atom. The molecule has 82 valence electrons. The summed E-state index contributed by atoms with van der Waals surface area (Å²) >= 11 is 3.47. The third kappa shape index (κ3) is 2.43. The van der Waals surface area contributed by atoms with Crippen LogP contribution in [-0.2, 0) is 0 Å². The van der Waals surface area contributed by atoms with Crippen LogP contribution in [0, 0.1) is 0 Å². The molecule has 1 saturated carbocycles. The zero-order chi connectivity index (χ0) is 10.9. The molecule has 0 atom stereocenters. The van der Waals surface area contributed by atoms with Crippen LogP contribution in [0.4, 0.5) is 11.5 Å². The number of nitrogens with two attached hydrogens (primary N) is 1. The molecule has 0 radical (unpaired) electrons. The second kappa shape index (κ2) is 4.00. The molecule has 0 aliphatic heterocycles. The van der Waals surface area contributed by atoms with Gasteiger partial charge in [-0.2, -0.15) is 0 Å². The maximum atomic E-state index is 5.65. The van der Waals surface area contributed by atoms with Crippen molar-refractivity contribution in [3.8, 4) is 0 Å². The van der Waals surface area contributed by atoms with Crippen molar-refractivity contribution in [2.24, 2.45) is 0 Å². The van der Waals surface area contributed by atoms with Crippen molar-refractivity contribution in [1.82, 2.24) is 4.98 Å². The average molecular weight is 270 g/mol. The lowest BCUT2D eigenvalue weighted by Gasteiger charge is -2.26. The van der Waals surface area contributed by atoms with Gasteiger partial charge in [0.1, 0.15) is 5.82 Å². The molecule has 2 rings (SSSR count). The Labute approximate surface area is 98.6 Å². The minimum atomic E-state index is 0.200. The highest BCUT2D eigenvalue weighted by Crippen LogP contribution is 2.34. The highest BCUT2D eigenvalue weighted by molar-refractivity contribution is 9.10. The number of anilines is 2. The number of halogens is 1. The summed E-state index contributed by atoms with van der Waals surface area (Å²) in [7, 11) is 0. The minimum absolute atomic E-state index is 0.200. The molecular formula is C11H16BrN3. The van der Waals surface area contributed by atoms with Crippen molar-refractivity contribution in [1.29, 1.82) is 0 Å². The second-order valence-electron chi connectivity index (χ2n) is 4.49. The molecule has 0 bridgehead atoms. The summed E-state index contributed by atoms with van der Waals surface area (Å²) in [5.41, 5.74) is 6.53. The number of hydrogen-bond donors (Lipinski definition) is 2. The molecule has 0 aromatic carbocycles. The van der Waals surface area contributed by atoms with Gasteiger partial charge in [0, 0.05) is 5.54 Å². The molecule has 15 heavy (non-hydrogen) atoms. The van der Waals surface area contributed by atoms with Crippen LogP contribution in [0.5, 0.6) is 0 Å². The number of pyridine rings is 1. The zero-order valence-corrected chi connectivity index (χ0v) is 10.5. The summed E-state index contributed by atoms with van der Waals surface area (Å²) in [5.74, 6) is 0.897. The van der Waals surface area contributed by atoms with E-state index in [0.29, 0.717) is 5.69 Å². The number of rotatable bonds is 2. The van der Waals surface area contributed by atoms with Crippen LogP contribution < -0.4 is 11.1 Å². The summed E-state index contributed by atoms with van der Waals surface area (Å²) in [6.07, 6.45) is 6.72. The molecule has 0 saturated heterocycles. The fraction of sp³-hybridized carbons (Fsp3) is 0.545. The Bertz CT molecular complexity index is 359. The van der Waals surface area contributed by atoms with Crippen LogP contribution in [0.1, 0.15) is 32.6 Å². The van der Waals surface area contributed by atoms with E-state index >= 15 is 0 Å². The quantitative estimate of drug-likeness (QED) is 0.867. The third-order valence-electron chi connectivity index (χ3n) is 2.99. The van der Waals surface area contributed by atoms with Crippen molar-refractivity contribution in [3.05, 3.63) is 16.7 Å². The molecule has 1 aromatic rings. The summed E-state index contributed by atoms with van der Waals surface area (Å²) in [4.78, 5) is 4.30. The minimum Gasteiger partial charge on any atom is -0.397 e. The van der Waals surface area contributed by atoms with Gasteiger partial charge in [0.2, 0.25) is 0 Å². The summed E-state index contributed by atoms with van der Waals surface area (Å²) < 4.78 is 0.940. The number of nitrogen functional groups attached to an aromatic ring is 1. The second-order valence-corrected chi connectivity index (χ2v) is 5.35. The van der Waals surface area contributed by atoms with E-state index in [2.05, 4.69) is 33.2 Å². The zero-order valence-electron chi connectivity index (χ0n) is 8.89. The van der Waals surface area contributed by atoms with Crippen molar-refractivity contribution in [2.45, 2.75) is 38.1 Å². The van der Waals surface area contributed by atoms with E-state index in [1.54, 1.807) is 6.20 Å². The Morgan fingerprint density at radius 1 is 1.47 bits per heavy atom. The molecule has 1 aliphatic rings. The molecule has 1 fully saturated rings. The van der Waals surface area contributed by atoms with Crippen LogP contribution in [-0.4, -0.2) is 10.5 Å². The maximum Gasteiger partial charge on any atom is 0.140 e. The Balaban J connectivity index is 2.16. The van der Waals surface area contributed by atoms with Gasteiger partial charge in [0.25, 0.3) is 0 Å². The van der Waals surface area contributed by atoms with Crippen molar-refractivity contribution in [2.75, 3.05) is 11.1 Å².